The van der Waals surface area contributed by atoms with E-state index in [1.54, 1.807) is 30.9 Å². The largest absolute Gasteiger partial charge is 0.497 e. The number of fused-ring (bicyclic) bond motifs is 2. The maximum atomic E-state index is 13.2. The van der Waals surface area contributed by atoms with Gasteiger partial charge in [-0.3, -0.25) is 9.36 Å². The van der Waals surface area contributed by atoms with Gasteiger partial charge < -0.3 is 23.5 Å². The van der Waals surface area contributed by atoms with Crippen molar-refractivity contribution in [1.82, 2.24) is 19.7 Å². The molecule has 33 heavy (non-hydrogen) atoms. The number of ether oxygens (including phenoxy) is 4. The summed E-state index contributed by atoms with van der Waals surface area (Å²) in [5.74, 6) is 3.10. The predicted octanol–water partition coefficient (Wildman–Crippen LogP) is 3.12. The van der Waals surface area contributed by atoms with Gasteiger partial charge in [-0.2, -0.15) is 4.98 Å². The van der Waals surface area contributed by atoms with Crippen LogP contribution in [0.1, 0.15) is 5.89 Å². The molecule has 0 radical (unpaired) electrons. The van der Waals surface area contributed by atoms with E-state index < -0.39 is 0 Å². The number of methoxy groups -OCH3 is 2. The third-order valence-corrected chi connectivity index (χ3v) is 6.03. The molecule has 0 aliphatic carbocycles. The molecule has 10 nitrogen and oxygen atoms in total. The van der Waals surface area contributed by atoms with E-state index in [1.165, 1.54) is 11.8 Å². The van der Waals surface area contributed by atoms with Crippen molar-refractivity contribution in [1.29, 1.82) is 0 Å². The van der Waals surface area contributed by atoms with E-state index >= 15 is 0 Å². The first kappa shape index (κ1) is 21.3. The van der Waals surface area contributed by atoms with Gasteiger partial charge in [0.2, 0.25) is 18.5 Å². The van der Waals surface area contributed by atoms with E-state index in [9.17, 15) is 4.79 Å². The molecule has 0 fully saturated rings. The topological polar surface area (TPSA) is 111 Å². The number of rotatable bonds is 8. The number of nitrogens with zero attached hydrogens (tertiary/aromatic N) is 4. The minimum absolute atomic E-state index is 0.124. The molecule has 170 valence electrons. The molecule has 11 heteroatoms. The SMILES string of the molecule is COCCn1c(SCc2nc(-c3ccc(OC)cc3)no2)nc2cc3c(cc2c1=O)OCO3. The van der Waals surface area contributed by atoms with Gasteiger partial charge in [0.05, 0.1) is 36.9 Å². The van der Waals surface area contributed by atoms with Gasteiger partial charge in [0.15, 0.2) is 16.7 Å². The molecule has 0 saturated carbocycles. The van der Waals surface area contributed by atoms with Gasteiger partial charge in [-0.05, 0) is 30.3 Å². The quantitative estimate of drug-likeness (QED) is 0.282. The van der Waals surface area contributed by atoms with Crippen LogP contribution in [0.3, 0.4) is 0 Å². The Morgan fingerprint density at radius 3 is 2.64 bits per heavy atom. The van der Waals surface area contributed by atoms with Crippen molar-refractivity contribution >= 4 is 22.7 Å². The van der Waals surface area contributed by atoms with Crippen LogP contribution in [0.5, 0.6) is 17.2 Å². The monoisotopic (exact) mass is 468 g/mol. The molecule has 0 bridgehead atoms. The van der Waals surface area contributed by atoms with Gasteiger partial charge in [-0.1, -0.05) is 16.9 Å². The van der Waals surface area contributed by atoms with Gasteiger partial charge in [0.25, 0.3) is 5.56 Å². The van der Waals surface area contributed by atoms with E-state index in [0.29, 0.717) is 58.2 Å². The predicted molar refractivity (Wildman–Crippen MR) is 120 cm³/mol. The normalized spacial score (nSPS) is 12.4. The Morgan fingerprint density at radius 1 is 1.09 bits per heavy atom. The molecule has 4 aromatic rings. The van der Waals surface area contributed by atoms with Crippen molar-refractivity contribution < 1.29 is 23.5 Å². The second kappa shape index (κ2) is 9.12. The number of hydrogen-bond donors (Lipinski definition) is 0. The summed E-state index contributed by atoms with van der Waals surface area (Å²) in [5.41, 5.74) is 1.17. The summed E-state index contributed by atoms with van der Waals surface area (Å²) in [4.78, 5) is 22.4. The van der Waals surface area contributed by atoms with Crippen LogP contribution >= 0.6 is 11.8 Å². The molecular formula is C22H20N4O6S. The molecule has 0 saturated heterocycles. The van der Waals surface area contributed by atoms with E-state index in [4.69, 9.17) is 28.5 Å². The average molecular weight is 468 g/mol. The summed E-state index contributed by atoms with van der Waals surface area (Å²) >= 11 is 1.34. The van der Waals surface area contributed by atoms with Crippen molar-refractivity contribution in [3.05, 3.63) is 52.6 Å². The summed E-state index contributed by atoms with van der Waals surface area (Å²) in [6.45, 7) is 0.849. The first-order valence-electron chi connectivity index (χ1n) is 10.1. The van der Waals surface area contributed by atoms with Gasteiger partial charge in [-0.25, -0.2) is 4.98 Å². The van der Waals surface area contributed by atoms with Crippen LogP contribution in [0.25, 0.3) is 22.3 Å². The summed E-state index contributed by atoms with van der Waals surface area (Å²) in [6.07, 6.45) is 0. The fourth-order valence-corrected chi connectivity index (χ4v) is 4.24. The molecule has 0 N–H and O–H groups in total. The molecule has 2 aromatic heterocycles. The maximum absolute atomic E-state index is 13.2. The van der Waals surface area contributed by atoms with Crippen LogP contribution in [0.2, 0.25) is 0 Å². The first-order valence-corrected chi connectivity index (χ1v) is 11.1. The highest BCUT2D eigenvalue weighted by Gasteiger charge is 2.20. The highest BCUT2D eigenvalue weighted by Crippen LogP contribution is 2.35. The molecule has 2 aromatic carbocycles. The molecule has 1 aliphatic rings. The van der Waals surface area contributed by atoms with Gasteiger partial charge in [0, 0.05) is 18.7 Å². The molecule has 1 aliphatic heterocycles. The highest BCUT2D eigenvalue weighted by molar-refractivity contribution is 7.98. The lowest BCUT2D eigenvalue weighted by molar-refractivity contribution is 0.174. The molecule has 0 amide bonds. The Hall–Kier alpha value is -3.57. The lowest BCUT2D eigenvalue weighted by Gasteiger charge is -2.12. The van der Waals surface area contributed by atoms with Crippen LogP contribution in [0.15, 0.2) is 50.9 Å². The van der Waals surface area contributed by atoms with Crippen molar-refractivity contribution in [2.24, 2.45) is 0 Å². The maximum Gasteiger partial charge on any atom is 0.262 e. The summed E-state index contributed by atoms with van der Waals surface area (Å²) in [6, 6.07) is 10.8. The number of hydrogen-bond acceptors (Lipinski definition) is 10. The fourth-order valence-electron chi connectivity index (χ4n) is 3.38. The molecule has 0 unspecified atom stereocenters. The second-order valence-corrected chi connectivity index (χ2v) is 8.04. The highest BCUT2D eigenvalue weighted by atomic mass is 32.2. The number of aromatic nitrogens is 4. The third kappa shape index (κ3) is 4.24. The Bertz CT molecular complexity index is 1350. The van der Waals surface area contributed by atoms with E-state index in [-0.39, 0.29) is 12.4 Å². The first-order chi connectivity index (χ1) is 16.2. The third-order valence-electron chi connectivity index (χ3n) is 5.07. The minimum Gasteiger partial charge on any atom is -0.497 e. The Kier molecular flexibility index (Phi) is 5.88. The summed E-state index contributed by atoms with van der Waals surface area (Å²) in [7, 11) is 3.20. The van der Waals surface area contributed by atoms with Crippen molar-refractivity contribution in [2.75, 3.05) is 27.6 Å². The van der Waals surface area contributed by atoms with Crippen LogP contribution in [0.4, 0.5) is 0 Å². The van der Waals surface area contributed by atoms with E-state index in [0.717, 1.165) is 11.3 Å². The molecule has 5 rings (SSSR count). The van der Waals surface area contributed by atoms with E-state index in [2.05, 4.69) is 10.1 Å². The van der Waals surface area contributed by atoms with Gasteiger partial charge >= 0.3 is 0 Å². The zero-order chi connectivity index (χ0) is 22.8. The summed E-state index contributed by atoms with van der Waals surface area (Å²) < 4.78 is 28.2. The number of benzene rings is 2. The zero-order valence-corrected chi connectivity index (χ0v) is 18.8. The Balaban J connectivity index is 1.42. The smallest absolute Gasteiger partial charge is 0.262 e. The zero-order valence-electron chi connectivity index (χ0n) is 17.9. The Labute approximate surface area is 192 Å². The Morgan fingerprint density at radius 2 is 1.88 bits per heavy atom. The fraction of sp³-hybridized carbons (Fsp3) is 0.273. The average Bonchev–Trinajstić information content (AvgIpc) is 3.50. The van der Waals surface area contributed by atoms with E-state index in [1.807, 2.05) is 24.3 Å². The van der Waals surface area contributed by atoms with Crippen LogP contribution < -0.4 is 19.8 Å². The van der Waals surface area contributed by atoms with Crippen LogP contribution in [0, 0.1) is 0 Å². The summed E-state index contributed by atoms with van der Waals surface area (Å²) in [5, 5.41) is 5.03. The van der Waals surface area contributed by atoms with Crippen molar-refractivity contribution in [3.8, 4) is 28.6 Å². The van der Waals surface area contributed by atoms with Crippen molar-refractivity contribution in [3.63, 3.8) is 0 Å². The molecule has 0 atom stereocenters. The lowest BCUT2D eigenvalue weighted by atomic mass is 10.2. The van der Waals surface area contributed by atoms with Gasteiger partial charge in [-0.15, -0.1) is 0 Å². The van der Waals surface area contributed by atoms with Crippen LogP contribution in [-0.2, 0) is 17.0 Å². The van der Waals surface area contributed by atoms with Crippen LogP contribution in [-0.4, -0.2) is 47.3 Å². The molecular weight excluding hydrogens is 448 g/mol. The minimum atomic E-state index is -0.178. The van der Waals surface area contributed by atoms with Crippen molar-refractivity contribution in [2.45, 2.75) is 17.5 Å². The van der Waals surface area contributed by atoms with Gasteiger partial charge in [0.1, 0.15) is 5.75 Å². The molecule has 0 spiro atoms. The standard InChI is InChI=1S/C22H20N4O6S/c1-28-8-7-26-21(27)15-9-17-18(31-12-30-17)10-16(15)23-22(26)33-11-19-24-20(25-32-19)13-3-5-14(29-2)6-4-13/h3-6,9-10H,7-8,11-12H2,1-2H3. The second-order valence-electron chi connectivity index (χ2n) is 7.10. The molecule has 3 heterocycles. The lowest BCUT2D eigenvalue weighted by Crippen LogP contribution is -2.25. The number of thioether (sulfide) groups is 1.